The van der Waals surface area contributed by atoms with E-state index in [2.05, 4.69) is 15.0 Å². The number of pyridine rings is 1. The summed E-state index contributed by atoms with van der Waals surface area (Å²) in [5, 5.41) is 12.4. The molecular weight excluding hydrogens is 386 g/mol. The molecule has 2 aromatic heterocycles. The molecule has 3 aromatic rings. The number of hydrogen-bond acceptors (Lipinski definition) is 9. The maximum Gasteiger partial charge on any atom is 0.188 e. The lowest BCUT2D eigenvalue weighted by Gasteiger charge is -2.28. The monoisotopic (exact) mass is 409 g/mol. The van der Waals surface area contributed by atoms with E-state index in [0.717, 1.165) is 24.5 Å². The van der Waals surface area contributed by atoms with Crippen molar-refractivity contribution >= 4 is 22.6 Å². The Morgan fingerprint density at radius 2 is 2.07 bits per heavy atom. The van der Waals surface area contributed by atoms with Gasteiger partial charge in [-0.1, -0.05) is 17.3 Å². The van der Waals surface area contributed by atoms with E-state index in [9.17, 15) is 0 Å². The molecule has 0 unspecified atom stereocenters. The Kier molecular flexibility index (Phi) is 6.01. The molecule has 0 radical (unpaired) electrons. The molecule has 0 bridgehead atoms. The van der Waals surface area contributed by atoms with E-state index in [1.54, 1.807) is 20.2 Å². The van der Waals surface area contributed by atoms with Crippen LogP contribution in [0, 0.1) is 0 Å². The molecule has 0 saturated carbocycles. The Morgan fingerprint density at radius 1 is 1.23 bits per heavy atom. The Labute approximate surface area is 173 Å². The predicted molar refractivity (Wildman–Crippen MR) is 112 cm³/mol. The number of aromatic nitrogens is 3. The zero-order chi connectivity index (χ0) is 20.9. The minimum Gasteiger partial charge on any atom is -0.468 e. The van der Waals surface area contributed by atoms with E-state index in [4.69, 9.17) is 29.4 Å². The maximum absolute atomic E-state index is 9.13. The van der Waals surface area contributed by atoms with Gasteiger partial charge < -0.3 is 24.3 Å². The van der Waals surface area contributed by atoms with Crippen LogP contribution >= 0.6 is 0 Å². The number of anilines is 1. The number of hydrogen-bond donors (Lipinski definition) is 1. The minimum atomic E-state index is 0.161. The van der Waals surface area contributed by atoms with E-state index in [1.807, 2.05) is 30.3 Å². The first kappa shape index (κ1) is 20.0. The summed E-state index contributed by atoms with van der Waals surface area (Å²) < 4.78 is 16.0. The topological polar surface area (TPSA) is 102 Å². The molecule has 1 fully saturated rings. The van der Waals surface area contributed by atoms with Gasteiger partial charge >= 0.3 is 0 Å². The van der Waals surface area contributed by atoms with Gasteiger partial charge in [0, 0.05) is 37.5 Å². The molecule has 3 heterocycles. The van der Waals surface area contributed by atoms with Crippen molar-refractivity contribution < 1.29 is 19.4 Å². The van der Waals surface area contributed by atoms with E-state index in [-0.39, 0.29) is 6.79 Å². The summed E-state index contributed by atoms with van der Waals surface area (Å²) in [7, 11) is 1.58. The minimum absolute atomic E-state index is 0.161. The van der Waals surface area contributed by atoms with Crippen molar-refractivity contribution in [2.45, 2.75) is 6.92 Å². The van der Waals surface area contributed by atoms with Crippen molar-refractivity contribution in [2.24, 2.45) is 5.16 Å². The molecule has 1 aliphatic rings. The van der Waals surface area contributed by atoms with Crippen LogP contribution in [0.4, 0.5) is 5.82 Å². The normalized spacial score (nSPS) is 14.9. The molecule has 0 amide bonds. The lowest BCUT2D eigenvalue weighted by Crippen LogP contribution is -2.37. The summed E-state index contributed by atoms with van der Waals surface area (Å²) in [6.07, 6.45) is 1.67. The number of rotatable bonds is 6. The quantitative estimate of drug-likeness (QED) is 0.287. The summed E-state index contributed by atoms with van der Waals surface area (Å²) in [6.45, 7) is 4.59. The van der Waals surface area contributed by atoms with Crippen LogP contribution in [0.5, 0.6) is 5.75 Å². The molecule has 9 nitrogen and oxygen atoms in total. The Bertz CT molecular complexity index is 1070. The van der Waals surface area contributed by atoms with E-state index in [0.29, 0.717) is 47.1 Å². The summed E-state index contributed by atoms with van der Waals surface area (Å²) in [5.74, 6) is 1.98. The number of fused-ring (bicyclic) bond motifs is 1. The summed E-state index contributed by atoms with van der Waals surface area (Å²) in [6, 6.07) is 9.41. The van der Waals surface area contributed by atoms with Crippen molar-refractivity contribution in [2.75, 3.05) is 45.1 Å². The fourth-order valence-corrected chi connectivity index (χ4v) is 3.24. The fraction of sp³-hybridized carbons (Fsp3) is 0.333. The molecule has 1 saturated heterocycles. The van der Waals surface area contributed by atoms with Crippen molar-refractivity contribution in [1.29, 1.82) is 0 Å². The maximum atomic E-state index is 9.13. The van der Waals surface area contributed by atoms with Gasteiger partial charge in [-0.3, -0.25) is 0 Å². The highest BCUT2D eigenvalue weighted by Gasteiger charge is 2.20. The molecule has 156 valence electrons. The molecule has 0 spiro atoms. The third-order valence-corrected chi connectivity index (χ3v) is 4.83. The second-order valence-electron chi connectivity index (χ2n) is 6.83. The largest absolute Gasteiger partial charge is 0.468 e. The van der Waals surface area contributed by atoms with Gasteiger partial charge in [0.25, 0.3) is 0 Å². The summed E-state index contributed by atoms with van der Waals surface area (Å²) in [4.78, 5) is 16.3. The van der Waals surface area contributed by atoms with E-state index < -0.39 is 0 Å². The summed E-state index contributed by atoms with van der Waals surface area (Å²) in [5.41, 5.74) is 3.34. The number of benzene rings is 1. The van der Waals surface area contributed by atoms with Crippen LogP contribution in [-0.4, -0.2) is 66.1 Å². The van der Waals surface area contributed by atoms with Gasteiger partial charge in [-0.05, 0) is 25.1 Å². The molecule has 1 aromatic carbocycles. The lowest BCUT2D eigenvalue weighted by molar-refractivity contribution is 0.0511. The average molecular weight is 409 g/mol. The fourth-order valence-electron chi connectivity index (χ4n) is 3.24. The standard InChI is InChI=1S/C21H23N5O4/c1-14(25-27)16-11-18-19(22-12-16)21(26-6-8-29-9-7-26)24-20(23-18)15-4-3-5-17(10-15)30-13-28-2/h3-5,10-12,27H,6-9,13H2,1-2H3/b25-14+. The molecule has 1 N–H and O–H groups in total. The zero-order valence-electron chi connectivity index (χ0n) is 16.9. The molecule has 30 heavy (non-hydrogen) atoms. The second kappa shape index (κ2) is 9.02. The van der Waals surface area contributed by atoms with Gasteiger partial charge in [0.1, 0.15) is 11.3 Å². The highest BCUT2D eigenvalue weighted by atomic mass is 16.7. The number of nitrogens with zero attached hydrogens (tertiary/aromatic N) is 5. The SMILES string of the molecule is COCOc1cccc(-c2nc(N3CCOCC3)c3ncc(/C(C)=N/O)cc3n2)c1. The smallest absolute Gasteiger partial charge is 0.188 e. The van der Waals surface area contributed by atoms with Crippen LogP contribution in [0.3, 0.4) is 0 Å². The molecule has 9 heteroatoms. The zero-order valence-corrected chi connectivity index (χ0v) is 16.9. The molecule has 0 aliphatic carbocycles. The number of oxime groups is 1. The van der Waals surface area contributed by atoms with Gasteiger partial charge in [0.15, 0.2) is 18.4 Å². The van der Waals surface area contributed by atoms with E-state index >= 15 is 0 Å². The van der Waals surface area contributed by atoms with Gasteiger partial charge in [-0.25, -0.2) is 15.0 Å². The van der Waals surface area contributed by atoms with Crippen LogP contribution in [-0.2, 0) is 9.47 Å². The Hall–Kier alpha value is -3.30. The van der Waals surface area contributed by atoms with Gasteiger partial charge in [0.2, 0.25) is 0 Å². The number of methoxy groups -OCH3 is 1. The van der Waals surface area contributed by atoms with Crippen LogP contribution < -0.4 is 9.64 Å². The number of morpholine rings is 1. The third kappa shape index (κ3) is 4.17. The van der Waals surface area contributed by atoms with Crippen molar-refractivity contribution in [3.8, 4) is 17.1 Å². The average Bonchev–Trinajstić information content (AvgIpc) is 2.81. The van der Waals surface area contributed by atoms with Crippen LogP contribution in [0.25, 0.3) is 22.4 Å². The van der Waals surface area contributed by atoms with Crippen LogP contribution in [0.2, 0.25) is 0 Å². The van der Waals surface area contributed by atoms with Gasteiger partial charge in [-0.15, -0.1) is 0 Å². The van der Waals surface area contributed by atoms with Gasteiger partial charge in [-0.2, -0.15) is 0 Å². The third-order valence-electron chi connectivity index (χ3n) is 4.83. The predicted octanol–water partition coefficient (Wildman–Crippen LogP) is 2.71. The molecular formula is C21H23N5O4. The number of ether oxygens (including phenoxy) is 3. The highest BCUT2D eigenvalue weighted by molar-refractivity contribution is 6.01. The first-order valence-corrected chi connectivity index (χ1v) is 9.61. The van der Waals surface area contributed by atoms with Crippen molar-refractivity contribution in [3.05, 3.63) is 42.1 Å². The first-order valence-electron chi connectivity index (χ1n) is 9.61. The Morgan fingerprint density at radius 3 is 2.83 bits per heavy atom. The summed E-state index contributed by atoms with van der Waals surface area (Å²) >= 11 is 0. The highest BCUT2D eigenvalue weighted by Crippen LogP contribution is 2.29. The van der Waals surface area contributed by atoms with E-state index in [1.165, 1.54) is 0 Å². The van der Waals surface area contributed by atoms with Crippen LogP contribution in [0.1, 0.15) is 12.5 Å². The molecule has 4 rings (SSSR count). The Balaban J connectivity index is 1.84. The lowest BCUT2D eigenvalue weighted by atomic mass is 10.1. The molecule has 1 aliphatic heterocycles. The van der Waals surface area contributed by atoms with Gasteiger partial charge in [0.05, 0.1) is 24.4 Å². The van der Waals surface area contributed by atoms with Crippen molar-refractivity contribution in [3.63, 3.8) is 0 Å². The van der Waals surface area contributed by atoms with Crippen molar-refractivity contribution in [1.82, 2.24) is 15.0 Å². The second-order valence-corrected chi connectivity index (χ2v) is 6.83. The molecule has 0 atom stereocenters. The van der Waals surface area contributed by atoms with Crippen LogP contribution in [0.15, 0.2) is 41.7 Å². The first-order chi connectivity index (χ1) is 14.7.